The number of hydrogen-bond acceptors (Lipinski definition) is 0. The van der Waals surface area contributed by atoms with Crippen molar-refractivity contribution in [1.82, 2.24) is 0 Å². The standard InChI is InChI=1S/C21H21BrP/c1-16-7-4-10-19(13-16)23(22,20-11-5-8-17(2)14-20)21-12-6-9-18(3)15-21/h4-15H,1-3H3/q+1. The smallest absolute Gasteiger partial charge is 0.0590 e. The van der Waals surface area contributed by atoms with E-state index in [1.54, 1.807) is 0 Å². The highest BCUT2D eigenvalue weighted by atomic mass is 79.9. The van der Waals surface area contributed by atoms with Gasteiger partial charge in [-0.3, -0.25) is 0 Å². The molecule has 23 heavy (non-hydrogen) atoms. The van der Waals surface area contributed by atoms with Crippen molar-refractivity contribution in [2.45, 2.75) is 20.8 Å². The molecule has 2 heteroatoms. The van der Waals surface area contributed by atoms with E-state index in [9.17, 15) is 0 Å². The minimum Gasteiger partial charge on any atom is -0.0590 e. The normalized spacial score (nSPS) is 11.5. The maximum atomic E-state index is 4.22. The Kier molecular flexibility index (Phi) is 4.71. The van der Waals surface area contributed by atoms with Gasteiger partial charge in [-0.25, -0.2) is 0 Å². The van der Waals surface area contributed by atoms with Crippen molar-refractivity contribution in [3.63, 3.8) is 0 Å². The maximum absolute atomic E-state index is 4.22. The predicted octanol–water partition coefficient (Wildman–Crippen LogP) is 5.22. The van der Waals surface area contributed by atoms with Gasteiger partial charge in [-0.2, -0.15) is 0 Å². The number of halogens is 1. The van der Waals surface area contributed by atoms with Crippen LogP contribution in [0.1, 0.15) is 16.7 Å². The Balaban J connectivity index is 2.29. The average molecular weight is 384 g/mol. The summed E-state index contributed by atoms with van der Waals surface area (Å²) in [6.45, 7) is 6.48. The van der Waals surface area contributed by atoms with Gasteiger partial charge in [0, 0.05) is 0 Å². The molecule has 0 saturated heterocycles. The minimum atomic E-state index is -1.79. The van der Waals surface area contributed by atoms with Crippen molar-refractivity contribution >= 4 is 37.4 Å². The lowest BCUT2D eigenvalue weighted by Gasteiger charge is -2.21. The first kappa shape index (κ1) is 16.4. The van der Waals surface area contributed by atoms with Crippen molar-refractivity contribution in [1.29, 1.82) is 0 Å². The van der Waals surface area contributed by atoms with Crippen LogP contribution in [0.25, 0.3) is 0 Å². The molecule has 0 aliphatic rings. The Morgan fingerprint density at radius 2 is 0.870 bits per heavy atom. The van der Waals surface area contributed by atoms with E-state index in [4.69, 9.17) is 0 Å². The Hall–Kier alpha value is -1.43. The fourth-order valence-corrected chi connectivity index (χ4v) is 7.80. The number of rotatable bonds is 3. The van der Waals surface area contributed by atoms with Crippen LogP contribution in [-0.4, -0.2) is 0 Å². The third-order valence-electron chi connectivity index (χ3n) is 4.07. The molecule has 0 radical (unpaired) electrons. The summed E-state index contributed by atoms with van der Waals surface area (Å²) in [4.78, 5) is 0. The first-order chi connectivity index (χ1) is 11.0. The van der Waals surface area contributed by atoms with Crippen LogP contribution >= 0.6 is 21.5 Å². The topological polar surface area (TPSA) is 0 Å². The van der Waals surface area contributed by atoms with E-state index in [2.05, 4.69) is 109 Å². The van der Waals surface area contributed by atoms with Crippen LogP contribution in [0.5, 0.6) is 0 Å². The van der Waals surface area contributed by atoms with Crippen molar-refractivity contribution in [2.24, 2.45) is 0 Å². The molecule has 0 heterocycles. The Morgan fingerprint density at radius 1 is 0.565 bits per heavy atom. The van der Waals surface area contributed by atoms with E-state index < -0.39 is 5.96 Å². The molecule has 0 N–H and O–H groups in total. The second-order valence-corrected chi connectivity index (χ2v) is 12.0. The third kappa shape index (κ3) is 3.27. The lowest BCUT2D eigenvalue weighted by molar-refractivity contribution is 1.48. The van der Waals surface area contributed by atoms with E-state index in [0.717, 1.165) is 0 Å². The Bertz CT molecular complexity index is 728. The van der Waals surface area contributed by atoms with Crippen LogP contribution in [0.2, 0.25) is 0 Å². The lowest BCUT2D eigenvalue weighted by Crippen LogP contribution is -2.27. The average Bonchev–Trinajstić information content (AvgIpc) is 2.54. The van der Waals surface area contributed by atoms with E-state index >= 15 is 0 Å². The zero-order valence-electron chi connectivity index (χ0n) is 13.8. The van der Waals surface area contributed by atoms with E-state index in [-0.39, 0.29) is 0 Å². The molecule has 0 saturated carbocycles. The van der Waals surface area contributed by atoms with Gasteiger partial charge in [-0.05, 0) is 73.9 Å². The molecule has 0 fully saturated rings. The number of hydrogen-bond donors (Lipinski definition) is 0. The summed E-state index contributed by atoms with van der Waals surface area (Å²) in [5.74, 6) is -1.79. The molecule has 0 amide bonds. The summed E-state index contributed by atoms with van der Waals surface area (Å²) in [6.07, 6.45) is 0. The molecule has 0 aromatic heterocycles. The van der Waals surface area contributed by atoms with Gasteiger partial charge in [0.25, 0.3) is 0 Å². The van der Waals surface area contributed by atoms with Gasteiger partial charge in [0.1, 0.15) is 15.9 Å². The Labute approximate surface area is 147 Å². The molecule has 3 aromatic carbocycles. The molecule has 0 aliphatic heterocycles. The molecule has 0 unspecified atom stereocenters. The summed E-state index contributed by atoms with van der Waals surface area (Å²) < 4.78 is 0. The van der Waals surface area contributed by atoms with E-state index in [1.807, 2.05) is 0 Å². The van der Waals surface area contributed by atoms with Gasteiger partial charge in [0.2, 0.25) is 0 Å². The van der Waals surface area contributed by atoms with E-state index in [0.29, 0.717) is 0 Å². The largest absolute Gasteiger partial charge is 0.181 e. The number of aryl methyl sites for hydroxylation is 3. The molecular formula is C21H21BrP+. The van der Waals surface area contributed by atoms with Crippen molar-refractivity contribution in [3.8, 4) is 0 Å². The monoisotopic (exact) mass is 383 g/mol. The van der Waals surface area contributed by atoms with Gasteiger partial charge in [0.05, 0.1) is 0 Å². The summed E-state index contributed by atoms with van der Waals surface area (Å²) in [6, 6.07) is 26.6. The maximum Gasteiger partial charge on any atom is 0.181 e. The highest BCUT2D eigenvalue weighted by Crippen LogP contribution is 2.62. The summed E-state index contributed by atoms with van der Waals surface area (Å²) >= 11 is 4.22. The van der Waals surface area contributed by atoms with Crippen molar-refractivity contribution < 1.29 is 0 Å². The molecule has 0 bridgehead atoms. The van der Waals surface area contributed by atoms with Crippen LogP contribution < -0.4 is 15.9 Å². The summed E-state index contributed by atoms with van der Waals surface area (Å²) in [5.41, 5.74) is 3.89. The fourth-order valence-electron chi connectivity index (χ4n) is 2.91. The highest BCUT2D eigenvalue weighted by molar-refractivity contribution is 9.44. The Morgan fingerprint density at radius 3 is 1.13 bits per heavy atom. The van der Waals surface area contributed by atoms with Crippen molar-refractivity contribution in [3.05, 3.63) is 89.5 Å². The molecule has 0 aliphatic carbocycles. The number of benzene rings is 3. The highest BCUT2D eigenvalue weighted by Gasteiger charge is 2.44. The summed E-state index contributed by atoms with van der Waals surface area (Å²) in [5, 5.41) is 4.11. The van der Waals surface area contributed by atoms with Crippen LogP contribution in [0, 0.1) is 20.8 Å². The molecular weight excluding hydrogens is 363 g/mol. The van der Waals surface area contributed by atoms with Crippen molar-refractivity contribution in [2.75, 3.05) is 0 Å². The molecule has 0 nitrogen and oxygen atoms in total. The zero-order valence-corrected chi connectivity index (χ0v) is 16.2. The predicted molar refractivity (Wildman–Crippen MR) is 108 cm³/mol. The fraction of sp³-hybridized carbons (Fsp3) is 0.143. The molecule has 3 aromatic rings. The van der Waals surface area contributed by atoms with E-state index in [1.165, 1.54) is 32.6 Å². The van der Waals surface area contributed by atoms with Crippen LogP contribution in [0.3, 0.4) is 0 Å². The molecule has 3 rings (SSSR count). The molecule has 116 valence electrons. The van der Waals surface area contributed by atoms with Crippen LogP contribution in [0.15, 0.2) is 72.8 Å². The lowest BCUT2D eigenvalue weighted by atomic mass is 10.2. The van der Waals surface area contributed by atoms with Crippen LogP contribution in [0.4, 0.5) is 0 Å². The van der Waals surface area contributed by atoms with Gasteiger partial charge in [-0.1, -0.05) is 36.4 Å². The molecule has 0 atom stereocenters. The SMILES string of the molecule is Cc1cccc([P+](Br)(c2cccc(C)c2)c2cccc(C)c2)c1. The van der Waals surface area contributed by atoms with Gasteiger partial charge < -0.3 is 0 Å². The van der Waals surface area contributed by atoms with Gasteiger partial charge in [0.15, 0.2) is 21.5 Å². The minimum absolute atomic E-state index is 1.30. The third-order valence-corrected chi connectivity index (χ3v) is 10.7. The first-order valence-electron chi connectivity index (χ1n) is 7.80. The zero-order chi connectivity index (χ0) is 16.4. The second-order valence-electron chi connectivity index (χ2n) is 6.11. The quantitative estimate of drug-likeness (QED) is 0.544. The summed E-state index contributed by atoms with van der Waals surface area (Å²) in [7, 11) is 0. The van der Waals surface area contributed by atoms with Gasteiger partial charge >= 0.3 is 0 Å². The second kappa shape index (κ2) is 6.59. The van der Waals surface area contributed by atoms with Crippen LogP contribution in [-0.2, 0) is 0 Å². The first-order valence-corrected chi connectivity index (χ1v) is 11.6. The van der Waals surface area contributed by atoms with Gasteiger partial charge in [-0.15, -0.1) is 0 Å². The molecule has 0 spiro atoms.